The Hall–Kier alpha value is -3.64. The standard InChI is InChI=1S/C24H20N2O4/c1-15-8-7-11-17(14-15)25-23(28)20-21(18-12-5-6-13-19(18)27)26(30-22(20)24(25)29)16-9-3-2-4-10-16/h2-14,20-22,27H,1H3/t20-,21+,22-/m0/s1. The Morgan fingerprint density at radius 2 is 1.53 bits per heavy atom. The van der Waals surface area contributed by atoms with Gasteiger partial charge in [0.25, 0.3) is 5.91 Å². The molecule has 0 aliphatic carbocycles. The molecule has 3 aromatic rings. The number of nitrogens with zero attached hydrogens (tertiary/aromatic N) is 2. The van der Waals surface area contributed by atoms with Gasteiger partial charge >= 0.3 is 0 Å². The first kappa shape index (κ1) is 18.4. The highest BCUT2D eigenvalue weighted by molar-refractivity contribution is 6.24. The molecule has 3 atom stereocenters. The monoisotopic (exact) mass is 400 g/mol. The molecule has 2 fully saturated rings. The van der Waals surface area contributed by atoms with Crippen LogP contribution in [0.15, 0.2) is 78.9 Å². The molecule has 0 radical (unpaired) electrons. The molecule has 2 saturated heterocycles. The molecule has 2 amide bonds. The summed E-state index contributed by atoms with van der Waals surface area (Å²) in [6, 6.07) is 22.8. The second kappa shape index (κ2) is 7.00. The lowest BCUT2D eigenvalue weighted by Crippen LogP contribution is -2.37. The van der Waals surface area contributed by atoms with Gasteiger partial charge in [-0.1, -0.05) is 48.5 Å². The molecule has 0 spiro atoms. The van der Waals surface area contributed by atoms with E-state index >= 15 is 0 Å². The summed E-state index contributed by atoms with van der Waals surface area (Å²) in [7, 11) is 0. The SMILES string of the molecule is Cc1cccc(N2C(=O)[C@@H]3[C@H](ON(c4ccccc4)[C@@H]3c3ccccc3O)C2=O)c1. The number of amides is 2. The highest BCUT2D eigenvalue weighted by Gasteiger charge is 2.60. The number of imide groups is 1. The maximum Gasteiger partial charge on any atom is 0.266 e. The van der Waals surface area contributed by atoms with Crippen molar-refractivity contribution in [3.63, 3.8) is 0 Å². The van der Waals surface area contributed by atoms with E-state index in [1.54, 1.807) is 41.5 Å². The number of hydrogen-bond donors (Lipinski definition) is 1. The molecule has 2 aliphatic rings. The fraction of sp³-hybridized carbons (Fsp3) is 0.167. The molecule has 6 heteroatoms. The van der Waals surface area contributed by atoms with Gasteiger partial charge in [-0.25, -0.2) is 9.96 Å². The van der Waals surface area contributed by atoms with Crippen molar-refractivity contribution in [2.45, 2.75) is 19.1 Å². The number of phenols is 1. The summed E-state index contributed by atoms with van der Waals surface area (Å²) in [5, 5.41) is 12.1. The molecule has 0 saturated carbocycles. The van der Waals surface area contributed by atoms with E-state index < -0.39 is 24.0 Å². The van der Waals surface area contributed by atoms with Crippen molar-refractivity contribution in [1.29, 1.82) is 0 Å². The smallest absolute Gasteiger partial charge is 0.266 e. The van der Waals surface area contributed by atoms with E-state index in [9.17, 15) is 14.7 Å². The fourth-order valence-corrected chi connectivity index (χ4v) is 4.29. The van der Waals surface area contributed by atoms with Crippen LogP contribution in [0.5, 0.6) is 5.75 Å². The summed E-state index contributed by atoms with van der Waals surface area (Å²) >= 11 is 0. The number of phenolic OH excluding ortho intramolecular Hbond substituents is 1. The summed E-state index contributed by atoms with van der Waals surface area (Å²) in [5.74, 6) is -1.44. The van der Waals surface area contributed by atoms with Gasteiger partial charge in [0.2, 0.25) is 5.91 Å². The Kier molecular flexibility index (Phi) is 4.29. The van der Waals surface area contributed by atoms with Gasteiger partial charge in [0.1, 0.15) is 11.7 Å². The lowest BCUT2D eigenvalue weighted by atomic mass is 9.90. The number of carbonyl (C=O) groups excluding carboxylic acids is 2. The third-order valence-electron chi connectivity index (χ3n) is 5.64. The average Bonchev–Trinajstić information content (AvgIpc) is 3.25. The molecule has 0 unspecified atom stereocenters. The molecule has 2 aliphatic heterocycles. The summed E-state index contributed by atoms with van der Waals surface area (Å²) in [6.45, 7) is 1.91. The summed E-state index contributed by atoms with van der Waals surface area (Å²) < 4.78 is 0. The van der Waals surface area contributed by atoms with Gasteiger partial charge in [-0.15, -0.1) is 0 Å². The van der Waals surface area contributed by atoms with Crippen LogP contribution in [0.1, 0.15) is 17.2 Å². The minimum Gasteiger partial charge on any atom is -0.508 e. The molecule has 6 nitrogen and oxygen atoms in total. The number of aryl methyl sites for hydroxylation is 1. The Balaban J connectivity index is 1.61. The maximum absolute atomic E-state index is 13.5. The molecule has 150 valence electrons. The molecular formula is C24H20N2O4. The Bertz CT molecular complexity index is 1130. The lowest BCUT2D eigenvalue weighted by molar-refractivity contribution is -0.126. The first-order chi connectivity index (χ1) is 14.6. The van der Waals surface area contributed by atoms with Crippen molar-refractivity contribution >= 4 is 23.2 Å². The molecule has 5 rings (SSSR count). The molecule has 1 N–H and O–H groups in total. The van der Waals surface area contributed by atoms with E-state index in [2.05, 4.69) is 0 Å². The second-order valence-corrected chi connectivity index (χ2v) is 7.57. The Morgan fingerprint density at radius 3 is 2.27 bits per heavy atom. The van der Waals surface area contributed by atoms with Gasteiger partial charge in [0.05, 0.1) is 17.4 Å². The predicted octanol–water partition coefficient (Wildman–Crippen LogP) is 3.75. The number of hydroxylamine groups is 1. The van der Waals surface area contributed by atoms with Crippen LogP contribution >= 0.6 is 0 Å². The van der Waals surface area contributed by atoms with Crippen LogP contribution in [0, 0.1) is 12.8 Å². The Morgan fingerprint density at radius 1 is 0.833 bits per heavy atom. The topological polar surface area (TPSA) is 70.1 Å². The van der Waals surface area contributed by atoms with Crippen molar-refractivity contribution in [3.8, 4) is 5.75 Å². The van der Waals surface area contributed by atoms with Crippen molar-refractivity contribution in [2.75, 3.05) is 9.96 Å². The number of benzene rings is 3. The zero-order valence-electron chi connectivity index (χ0n) is 16.3. The van der Waals surface area contributed by atoms with E-state index in [4.69, 9.17) is 4.84 Å². The van der Waals surface area contributed by atoms with Crippen LogP contribution in [0.25, 0.3) is 0 Å². The van der Waals surface area contributed by atoms with Crippen LogP contribution in [-0.2, 0) is 14.4 Å². The number of rotatable bonds is 3. The summed E-state index contributed by atoms with van der Waals surface area (Å²) in [4.78, 5) is 34.0. The highest BCUT2D eigenvalue weighted by Crippen LogP contribution is 2.49. The maximum atomic E-state index is 13.5. The molecule has 3 aromatic carbocycles. The molecular weight excluding hydrogens is 380 g/mol. The first-order valence-electron chi connectivity index (χ1n) is 9.79. The molecule has 30 heavy (non-hydrogen) atoms. The van der Waals surface area contributed by atoms with Crippen LogP contribution in [0.2, 0.25) is 0 Å². The van der Waals surface area contributed by atoms with Crippen LogP contribution in [-0.4, -0.2) is 23.0 Å². The van der Waals surface area contributed by atoms with Crippen molar-refractivity contribution in [2.24, 2.45) is 5.92 Å². The van der Waals surface area contributed by atoms with Gasteiger partial charge in [0.15, 0.2) is 6.10 Å². The van der Waals surface area contributed by atoms with Gasteiger partial charge in [-0.3, -0.25) is 14.4 Å². The van der Waals surface area contributed by atoms with E-state index in [-0.39, 0.29) is 11.7 Å². The number of para-hydroxylation sites is 2. The van der Waals surface area contributed by atoms with Crippen LogP contribution in [0.3, 0.4) is 0 Å². The van der Waals surface area contributed by atoms with E-state index in [1.165, 1.54) is 4.90 Å². The quantitative estimate of drug-likeness (QED) is 0.678. The molecule has 0 bridgehead atoms. The third kappa shape index (κ3) is 2.76. The fourth-order valence-electron chi connectivity index (χ4n) is 4.29. The zero-order chi connectivity index (χ0) is 20.8. The van der Waals surface area contributed by atoms with Gasteiger partial charge in [-0.05, 0) is 42.8 Å². The van der Waals surface area contributed by atoms with Crippen LogP contribution < -0.4 is 9.96 Å². The number of fused-ring (bicyclic) bond motifs is 1. The Labute approximate surface area is 173 Å². The third-order valence-corrected chi connectivity index (χ3v) is 5.64. The second-order valence-electron chi connectivity index (χ2n) is 7.57. The van der Waals surface area contributed by atoms with Crippen molar-refractivity contribution in [3.05, 3.63) is 90.0 Å². The summed E-state index contributed by atoms with van der Waals surface area (Å²) in [6.07, 6.45) is -0.956. The normalized spacial score (nSPS) is 23.2. The summed E-state index contributed by atoms with van der Waals surface area (Å²) in [5.41, 5.74) is 2.74. The van der Waals surface area contributed by atoms with E-state index in [0.29, 0.717) is 16.9 Å². The van der Waals surface area contributed by atoms with E-state index in [0.717, 1.165) is 5.56 Å². The van der Waals surface area contributed by atoms with Gasteiger partial charge < -0.3 is 5.11 Å². The number of aromatic hydroxyl groups is 1. The van der Waals surface area contributed by atoms with Crippen molar-refractivity contribution < 1.29 is 19.5 Å². The van der Waals surface area contributed by atoms with E-state index in [1.807, 2.05) is 49.4 Å². The van der Waals surface area contributed by atoms with Crippen molar-refractivity contribution in [1.82, 2.24) is 0 Å². The zero-order valence-corrected chi connectivity index (χ0v) is 16.3. The largest absolute Gasteiger partial charge is 0.508 e. The predicted molar refractivity (Wildman–Crippen MR) is 112 cm³/mol. The first-order valence-corrected chi connectivity index (χ1v) is 9.79. The van der Waals surface area contributed by atoms with Crippen LogP contribution in [0.4, 0.5) is 11.4 Å². The molecule has 2 heterocycles. The minimum atomic E-state index is -0.956. The molecule has 0 aromatic heterocycles. The lowest BCUT2D eigenvalue weighted by Gasteiger charge is -2.29. The number of carbonyl (C=O) groups is 2. The average molecular weight is 400 g/mol. The van der Waals surface area contributed by atoms with Gasteiger partial charge in [-0.2, -0.15) is 0 Å². The highest BCUT2D eigenvalue weighted by atomic mass is 16.7. The van der Waals surface area contributed by atoms with Gasteiger partial charge in [0, 0.05) is 5.56 Å². The number of hydrogen-bond acceptors (Lipinski definition) is 5. The minimum absolute atomic E-state index is 0.0573. The number of anilines is 2.